The third kappa shape index (κ3) is 2.26. The Morgan fingerprint density at radius 2 is 2.31 bits per heavy atom. The lowest BCUT2D eigenvalue weighted by molar-refractivity contribution is -0.138. The highest BCUT2D eigenvalue weighted by Gasteiger charge is 2.29. The van der Waals surface area contributed by atoms with E-state index in [0.717, 1.165) is 5.69 Å². The molecule has 16 heavy (non-hydrogen) atoms. The van der Waals surface area contributed by atoms with Gasteiger partial charge in [-0.15, -0.1) is 11.3 Å². The zero-order chi connectivity index (χ0) is 11.8. The van der Waals surface area contributed by atoms with Crippen LogP contribution >= 0.6 is 11.3 Å². The Kier molecular flexibility index (Phi) is 3.02. The molecule has 4 heteroatoms. The third-order valence-electron chi connectivity index (χ3n) is 3.26. The van der Waals surface area contributed by atoms with E-state index in [-0.39, 0.29) is 11.8 Å². The van der Waals surface area contributed by atoms with Crippen LogP contribution in [-0.4, -0.2) is 16.1 Å². The number of nitrogens with zero attached hydrogens (tertiary/aromatic N) is 1. The number of aliphatic carboxylic acids is 1. The number of hydrogen-bond donors (Lipinski definition) is 1. The summed E-state index contributed by atoms with van der Waals surface area (Å²) in [7, 11) is 0. The molecule has 1 aliphatic rings. The summed E-state index contributed by atoms with van der Waals surface area (Å²) in [5.41, 5.74) is 0.575. The highest BCUT2D eigenvalue weighted by Crippen LogP contribution is 2.39. The smallest absolute Gasteiger partial charge is 0.304 e. The molecule has 0 aromatic carbocycles. The summed E-state index contributed by atoms with van der Waals surface area (Å²) < 4.78 is 0. The molecule has 0 saturated heterocycles. The van der Waals surface area contributed by atoms with E-state index in [0.29, 0.717) is 5.92 Å². The normalized spacial score (nSPS) is 17.1. The van der Waals surface area contributed by atoms with Crippen molar-refractivity contribution >= 4 is 17.3 Å². The lowest BCUT2D eigenvalue weighted by Gasteiger charge is -2.23. The molecule has 1 saturated carbocycles. The number of carboxylic acids is 1. The maximum absolute atomic E-state index is 10.8. The lowest BCUT2D eigenvalue weighted by Crippen LogP contribution is -2.22. The Hall–Kier alpha value is -0.900. The zero-order valence-electron chi connectivity index (χ0n) is 9.69. The van der Waals surface area contributed by atoms with Crippen LogP contribution in [0, 0.1) is 0 Å². The monoisotopic (exact) mass is 239 g/mol. The lowest BCUT2D eigenvalue weighted by atomic mass is 9.85. The second-order valence-corrected chi connectivity index (χ2v) is 6.04. The summed E-state index contributed by atoms with van der Waals surface area (Å²) in [6.07, 6.45) is 3.93. The van der Waals surface area contributed by atoms with Crippen molar-refractivity contribution < 1.29 is 9.90 Å². The summed E-state index contributed by atoms with van der Waals surface area (Å²) >= 11 is 1.68. The molecule has 0 unspecified atom stereocenters. The predicted octanol–water partition coefficient (Wildman–Crippen LogP) is 3.16. The molecular weight excluding hydrogens is 222 g/mol. The second kappa shape index (κ2) is 4.17. The van der Waals surface area contributed by atoms with Gasteiger partial charge in [-0.2, -0.15) is 0 Å². The fourth-order valence-electron chi connectivity index (χ4n) is 1.91. The first-order valence-corrected chi connectivity index (χ1v) is 6.55. The van der Waals surface area contributed by atoms with Crippen LogP contribution < -0.4 is 0 Å². The summed E-state index contributed by atoms with van der Waals surface area (Å²) in [5, 5.41) is 12.1. The van der Waals surface area contributed by atoms with Gasteiger partial charge in [-0.3, -0.25) is 4.79 Å². The van der Waals surface area contributed by atoms with Crippen molar-refractivity contribution in [3.63, 3.8) is 0 Å². The van der Waals surface area contributed by atoms with Gasteiger partial charge in [0.15, 0.2) is 0 Å². The van der Waals surface area contributed by atoms with Crippen LogP contribution in [-0.2, 0) is 10.2 Å². The van der Waals surface area contributed by atoms with Gasteiger partial charge in [0.1, 0.15) is 0 Å². The predicted molar refractivity (Wildman–Crippen MR) is 64.0 cm³/mol. The Labute approximate surface area is 99.5 Å². The first-order chi connectivity index (χ1) is 7.49. The fourth-order valence-corrected chi connectivity index (χ4v) is 3.09. The van der Waals surface area contributed by atoms with Crippen molar-refractivity contribution in [2.45, 2.75) is 50.9 Å². The molecule has 1 aliphatic carbocycles. The van der Waals surface area contributed by atoms with Crippen LogP contribution in [0.15, 0.2) is 5.38 Å². The molecule has 1 heterocycles. The van der Waals surface area contributed by atoms with E-state index < -0.39 is 5.97 Å². The van der Waals surface area contributed by atoms with Gasteiger partial charge < -0.3 is 5.11 Å². The number of carboxylic acid groups (broad SMARTS) is 1. The molecule has 0 atom stereocenters. The van der Waals surface area contributed by atoms with Gasteiger partial charge in [0.25, 0.3) is 0 Å². The largest absolute Gasteiger partial charge is 0.481 e. The zero-order valence-corrected chi connectivity index (χ0v) is 10.5. The maximum Gasteiger partial charge on any atom is 0.304 e. The van der Waals surface area contributed by atoms with E-state index in [1.165, 1.54) is 24.3 Å². The standard InChI is InChI=1S/C12H17NO2S/c1-12(2,6-10(14)15)9-7-16-11(13-9)8-4-3-5-8/h7-8H,3-6H2,1-2H3,(H,14,15). The Morgan fingerprint density at radius 1 is 1.62 bits per heavy atom. The van der Waals surface area contributed by atoms with Gasteiger partial charge in [0.2, 0.25) is 0 Å². The number of rotatable bonds is 4. The molecule has 1 aromatic rings. The Morgan fingerprint density at radius 3 is 2.81 bits per heavy atom. The average molecular weight is 239 g/mol. The number of hydrogen-bond acceptors (Lipinski definition) is 3. The molecule has 2 rings (SSSR count). The fraction of sp³-hybridized carbons (Fsp3) is 0.667. The Balaban J connectivity index is 2.13. The molecule has 0 spiro atoms. The van der Waals surface area contributed by atoms with E-state index >= 15 is 0 Å². The molecular formula is C12H17NO2S. The van der Waals surface area contributed by atoms with Gasteiger partial charge in [-0.1, -0.05) is 20.3 Å². The van der Waals surface area contributed by atoms with Gasteiger partial charge in [0.05, 0.1) is 17.1 Å². The molecule has 0 aliphatic heterocycles. The molecule has 1 aromatic heterocycles. The van der Waals surface area contributed by atoms with Crippen molar-refractivity contribution in [2.24, 2.45) is 0 Å². The molecule has 1 N–H and O–H groups in total. The topological polar surface area (TPSA) is 50.2 Å². The van der Waals surface area contributed by atoms with E-state index in [9.17, 15) is 4.79 Å². The second-order valence-electron chi connectivity index (χ2n) is 5.15. The van der Waals surface area contributed by atoms with Crippen molar-refractivity contribution in [1.82, 2.24) is 4.98 Å². The molecule has 1 fully saturated rings. The van der Waals surface area contributed by atoms with Gasteiger partial charge in [-0.05, 0) is 12.8 Å². The molecule has 0 radical (unpaired) electrons. The highest BCUT2D eigenvalue weighted by molar-refractivity contribution is 7.09. The highest BCUT2D eigenvalue weighted by atomic mass is 32.1. The molecule has 0 amide bonds. The summed E-state index contributed by atoms with van der Waals surface area (Å²) in [6, 6.07) is 0. The Bertz CT molecular complexity index is 393. The summed E-state index contributed by atoms with van der Waals surface area (Å²) in [6.45, 7) is 3.89. The van der Waals surface area contributed by atoms with E-state index in [2.05, 4.69) is 4.98 Å². The quantitative estimate of drug-likeness (QED) is 0.878. The molecule has 88 valence electrons. The molecule has 3 nitrogen and oxygen atoms in total. The molecule has 0 bridgehead atoms. The van der Waals surface area contributed by atoms with Crippen LogP contribution in [0.1, 0.15) is 56.2 Å². The maximum atomic E-state index is 10.8. The van der Waals surface area contributed by atoms with E-state index in [1.54, 1.807) is 11.3 Å². The first-order valence-electron chi connectivity index (χ1n) is 5.67. The van der Waals surface area contributed by atoms with Gasteiger partial charge in [0, 0.05) is 16.7 Å². The van der Waals surface area contributed by atoms with Crippen molar-refractivity contribution in [3.05, 3.63) is 16.1 Å². The number of carbonyl (C=O) groups is 1. The van der Waals surface area contributed by atoms with Crippen molar-refractivity contribution in [1.29, 1.82) is 0 Å². The van der Waals surface area contributed by atoms with E-state index in [1.807, 2.05) is 19.2 Å². The van der Waals surface area contributed by atoms with Crippen LogP contribution in [0.3, 0.4) is 0 Å². The van der Waals surface area contributed by atoms with Crippen molar-refractivity contribution in [3.8, 4) is 0 Å². The van der Waals surface area contributed by atoms with Gasteiger partial charge >= 0.3 is 5.97 Å². The SMILES string of the molecule is CC(C)(CC(=O)O)c1csc(C2CCC2)n1. The van der Waals surface area contributed by atoms with Crippen LogP contribution in [0.5, 0.6) is 0 Å². The minimum absolute atomic E-state index is 0.140. The summed E-state index contributed by atoms with van der Waals surface area (Å²) in [4.78, 5) is 15.4. The minimum atomic E-state index is -0.761. The van der Waals surface area contributed by atoms with Gasteiger partial charge in [-0.25, -0.2) is 4.98 Å². The van der Waals surface area contributed by atoms with Crippen LogP contribution in [0.2, 0.25) is 0 Å². The number of thiazole rings is 1. The number of aromatic nitrogens is 1. The average Bonchev–Trinajstić information content (AvgIpc) is 2.47. The van der Waals surface area contributed by atoms with Crippen LogP contribution in [0.4, 0.5) is 0 Å². The first kappa shape index (κ1) is 11.6. The minimum Gasteiger partial charge on any atom is -0.481 e. The van der Waals surface area contributed by atoms with E-state index in [4.69, 9.17) is 5.11 Å². The van der Waals surface area contributed by atoms with Crippen molar-refractivity contribution in [2.75, 3.05) is 0 Å². The summed E-state index contributed by atoms with van der Waals surface area (Å²) in [5.74, 6) is -0.123. The van der Waals surface area contributed by atoms with Crippen LogP contribution in [0.25, 0.3) is 0 Å². The third-order valence-corrected chi connectivity index (χ3v) is 4.27.